The van der Waals surface area contributed by atoms with E-state index in [9.17, 15) is 10.4 Å². The third-order valence-electron chi connectivity index (χ3n) is 6.13. The van der Waals surface area contributed by atoms with Crippen LogP contribution < -0.4 is 14.4 Å². The van der Waals surface area contributed by atoms with Gasteiger partial charge in [0.1, 0.15) is 49.9 Å². The van der Waals surface area contributed by atoms with Crippen molar-refractivity contribution in [3.8, 4) is 40.2 Å². The van der Waals surface area contributed by atoms with Gasteiger partial charge < -0.3 is 19.5 Å². The van der Waals surface area contributed by atoms with Crippen LogP contribution in [-0.2, 0) is 0 Å². The minimum atomic E-state index is -1.48. The van der Waals surface area contributed by atoms with Crippen LogP contribution in [0.15, 0.2) is 55.1 Å². The van der Waals surface area contributed by atoms with Crippen LogP contribution in [-0.4, -0.2) is 64.2 Å². The average Bonchev–Trinajstić information content (AvgIpc) is 3.30. The summed E-state index contributed by atoms with van der Waals surface area (Å²) >= 11 is 0. The number of hydrogen-bond donors (Lipinski definition) is 1. The maximum absolute atomic E-state index is 10.1. The fraction of sp³-hybridized carbons (Fsp3) is 0.333. The van der Waals surface area contributed by atoms with Gasteiger partial charge in [-0.2, -0.15) is 10.4 Å². The summed E-state index contributed by atoms with van der Waals surface area (Å²) in [6, 6.07) is 11.8. The van der Waals surface area contributed by atoms with Crippen LogP contribution in [0.25, 0.3) is 16.6 Å². The lowest BCUT2D eigenvalue weighted by Gasteiger charge is -2.39. The van der Waals surface area contributed by atoms with E-state index in [1.165, 1.54) is 6.20 Å². The second-order valence-electron chi connectivity index (χ2n) is 11.6. The first kappa shape index (κ1) is 27.2. The first-order valence-electron chi connectivity index (χ1n) is 13.1. The molecule has 5 rings (SSSR count). The molecule has 204 valence electrons. The second-order valence-corrected chi connectivity index (χ2v) is 16.3. The fourth-order valence-corrected chi connectivity index (χ4v) is 4.67. The van der Waals surface area contributed by atoms with E-state index in [0.29, 0.717) is 16.8 Å². The molecule has 0 bridgehead atoms. The Morgan fingerprint density at radius 3 is 2.58 bits per heavy atom. The highest BCUT2D eigenvalue weighted by Gasteiger charge is 2.29. The van der Waals surface area contributed by atoms with Crippen LogP contribution in [0.2, 0.25) is 19.6 Å². The molecular formula is C30H32N6O3Si. The summed E-state index contributed by atoms with van der Waals surface area (Å²) in [7, 11) is -1.48. The number of hydrogen-bond acceptors (Lipinski definition) is 8. The van der Waals surface area contributed by atoms with Gasteiger partial charge in [0.25, 0.3) is 0 Å². The van der Waals surface area contributed by atoms with Crippen LogP contribution in [0.4, 0.5) is 5.82 Å². The number of rotatable bonds is 7. The van der Waals surface area contributed by atoms with Gasteiger partial charge in [-0.1, -0.05) is 25.6 Å². The Kier molecular flexibility index (Phi) is 7.24. The van der Waals surface area contributed by atoms with Crippen molar-refractivity contribution in [3.05, 3.63) is 66.4 Å². The third kappa shape index (κ3) is 6.42. The second kappa shape index (κ2) is 10.6. The molecule has 1 N–H and O–H groups in total. The number of ether oxygens (including phenoxy) is 2. The number of fused-ring (bicyclic) bond motifs is 1. The first-order valence-corrected chi connectivity index (χ1v) is 16.6. The molecule has 9 nitrogen and oxygen atoms in total. The van der Waals surface area contributed by atoms with E-state index < -0.39 is 13.7 Å². The largest absolute Gasteiger partial charge is 0.489 e. The SMILES string of the molecule is CC(C)(O)COc1cc(-c2ccc(N3CC(Oc4ccnc(C#C[Si](C)(C)C)c4)C3)nc2)c2c(C#N)cnn2c1. The van der Waals surface area contributed by atoms with Gasteiger partial charge >= 0.3 is 0 Å². The summed E-state index contributed by atoms with van der Waals surface area (Å²) < 4.78 is 13.6. The summed E-state index contributed by atoms with van der Waals surface area (Å²) in [6.07, 6.45) is 6.82. The zero-order valence-corrected chi connectivity index (χ0v) is 24.3. The molecular weight excluding hydrogens is 520 g/mol. The Hall–Kier alpha value is -4.38. The molecule has 5 heterocycles. The van der Waals surface area contributed by atoms with Gasteiger partial charge in [-0.05, 0) is 38.1 Å². The van der Waals surface area contributed by atoms with Gasteiger partial charge in [0.2, 0.25) is 0 Å². The summed E-state index contributed by atoms with van der Waals surface area (Å²) in [5, 5.41) is 24.0. The number of nitriles is 1. The van der Waals surface area contributed by atoms with Gasteiger partial charge in [-0.25, -0.2) is 14.5 Å². The van der Waals surface area contributed by atoms with E-state index in [4.69, 9.17) is 14.5 Å². The molecule has 0 aliphatic carbocycles. The van der Waals surface area contributed by atoms with Gasteiger partial charge in [0, 0.05) is 29.6 Å². The molecule has 4 aromatic heterocycles. The zero-order valence-electron chi connectivity index (χ0n) is 23.3. The summed E-state index contributed by atoms with van der Waals surface area (Å²) in [4.78, 5) is 11.2. The molecule has 10 heteroatoms. The van der Waals surface area contributed by atoms with Crippen molar-refractivity contribution in [1.82, 2.24) is 19.6 Å². The third-order valence-corrected chi connectivity index (χ3v) is 7.00. The molecule has 0 saturated carbocycles. The number of aromatic nitrogens is 4. The van der Waals surface area contributed by atoms with Crippen molar-refractivity contribution < 1.29 is 14.6 Å². The normalized spacial score (nSPS) is 13.8. The fourth-order valence-electron chi connectivity index (χ4n) is 4.17. The molecule has 1 aliphatic rings. The zero-order chi connectivity index (χ0) is 28.5. The van der Waals surface area contributed by atoms with Crippen molar-refractivity contribution in [1.29, 1.82) is 5.26 Å². The number of aliphatic hydroxyl groups is 1. The minimum absolute atomic E-state index is 0.0517. The van der Waals surface area contributed by atoms with Crippen LogP contribution in [0.5, 0.6) is 11.5 Å². The lowest BCUT2D eigenvalue weighted by atomic mass is 10.0. The van der Waals surface area contributed by atoms with Gasteiger partial charge in [0.05, 0.1) is 42.2 Å². The van der Waals surface area contributed by atoms with Crippen molar-refractivity contribution in [2.75, 3.05) is 24.6 Å². The maximum Gasteiger partial charge on any atom is 0.138 e. The van der Waals surface area contributed by atoms with Crippen LogP contribution in [0.3, 0.4) is 0 Å². The average molecular weight is 553 g/mol. The lowest BCUT2D eigenvalue weighted by Crippen LogP contribution is -2.54. The van der Waals surface area contributed by atoms with Crippen LogP contribution in [0, 0.1) is 22.8 Å². The van der Waals surface area contributed by atoms with Crippen LogP contribution >= 0.6 is 0 Å². The van der Waals surface area contributed by atoms with Crippen molar-refractivity contribution >= 4 is 19.4 Å². The predicted molar refractivity (Wildman–Crippen MR) is 156 cm³/mol. The molecule has 0 atom stereocenters. The maximum atomic E-state index is 10.1. The molecule has 0 aromatic carbocycles. The standard InChI is InChI=1S/C30H32N6O3Si/c1-30(2,37)20-38-25-13-27(29-22(14-31)16-34-36(29)19-25)21-6-7-28(33-15-21)35-17-26(18-35)39-24-8-10-32-23(12-24)9-11-40(3,4)5/h6-8,10,12-13,15-16,19,26,37H,17-18,20H2,1-5H3. The highest BCUT2D eigenvalue weighted by molar-refractivity contribution is 6.83. The lowest BCUT2D eigenvalue weighted by molar-refractivity contribution is 0.0283. The monoisotopic (exact) mass is 552 g/mol. The Morgan fingerprint density at radius 2 is 1.90 bits per heavy atom. The Bertz CT molecular complexity index is 1630. The minimum Gasteiger partial charge on any atom is -0.489 e. The number of pyridine rings is 3. The van der Waals surface area contributed by atoms with Gasteiger partial charge in [0.15, 0.2) is 0 Å². The van der Waals surface area contributed by atoms with Crippen molar-refractivity contribution in [2.24, 2.45) is 0 Å². The van der Waals surface area contributed by atoms with E-state index >= 15 is 0 Å². The topological polar surface area (TPSA) is 109 Å². The number of nitrogens with zero attached hydrogens (tertiary/aromatic N) is 6. The van der Waals surface area contributed by atoms with E-state index in [-0.39, 0.29) is 12.7 Å². The summed E-state index contributed by atoms with van der Waals surface area (Å²) in [6.45, 7) is 11.5. The highest BCUT2D eigenvalue weighted by Crippen LogP contribution is 2.32. The van der Waals surface area contributed by atoms with E-state index in [1.54, 1.807) is 37.0 Å². The summed E-state index contributed by atoms with van der Waals surface area (Å²) in [5.74, 6) is 5.33. The van der Waals surface area contributed by atoms with Gasteiger partial charge in [-0.15, -0.1) is 5.54 Å². The van der Waals surface area contributed by atoms with E-state index in [0.717, 1.165) is 41.5 Å². The quantitative estimate of drug-likeness (QED) is 0.267. The molecule has 40 heavy (non-hydrogen) atoms. The van der Waals surface area contributed by atoms with Crippen LogP contribution in [0.1, 0.15) is 25.1 Å². The van der Waals surface area contributed by atoms with Crippen molar-refractivity contribution in [2.45, 2.75) is 45.2 Å². The molecule has 1 aliphatic heterocycles. The number of anilines is 1. The summed E-state index contributed by atoms with van der Waals surface area (Å²) in [5.41, 5.74) is 5.83. The van der Waals surface area contributed by atoms with E-state index in [2.05, 4.69) is 52.2 Å². The molecule has 0 amide bonds. The molecule has 0 unspecified atom stereocenters. The first-order chi connectivity index (χ1) is 19.0. The Labute approximate surface area is 235 Å². The smallest absolute Gasteiger partial charge is 0.138 e. The van der Waals surface area contributed by atoms with E-state index in [1.807, 2.05) is 30.3 Å². The predicted octanol–water partition coefficient (Wildman–Crippen LogP) is 4.31. The Morgan fingerprint density at radius 1 is 1.10 bits per heavy atom. The van der Waals surface area contributed by atoms with Crippen molar-refractivity contribution in [3.63, 3.8) is 0 Å². The molecule has 1 saturated heterocycles. The molecule has 0 spiro atoms. The Balaban J connectivity index is 1.29. The molecule has 4 aromatic rings. The molecule has 1 fully saturated rings. The highest BCUT2D eigenvalue weighted by atomic mass is 28.3. The van der Waals surface area contributed by atoms with Gasteiger partial charge in [-0.3, -0.25) is 0 Å². The molecule has 0 radical (unpaired) electrons.